The molecule has 0 radical (unpaired) electrons. The van der Waals surface area contributed by atoms with E-state index >= 15 is 0 Å². The molecule has 0 unspecified atom stereocenters. The highest BCUT2D eigenvalue weighted by Crippen LogP contribution is 2.31. The van der Waals surface area contributed by atoms with E-state index in [1.54, 1.807) is 12.1 Å². The van der Waals surface area contributed by atoms with Crippen LogP contribution in [0.5, 0.6) is 11.5 Å². The third-order valence-electron chi connectivity index (χ3n) is 2.95. The summed E-state index contributed by atoms with van der Waals surface area (Å²) < 4.78 is 6.69. The molecule has 1 amide bonds. The van der Waals surface area contributed by atoms with Gasteiger partial charge in [0.05, 0.1) is 23.3 Å². The van der Waals surface area contributed by atoms with Gasteiger partial charge in [0.2, 0.25) is 5.91 Å². The second-order valence-corrected chi connectivity index (χ2v) is 6.73. The Morgan fingerprint density at radius 1 is 1.39 bits per heavy atom. The number of carbonyl (C=O) groups is 1. The van der Waals surface area contributed by atoms with Gasteiger partial charge in [-0.15, -0.1) is 0 Å². The number of nitrogens with zero attached hydrogens (tertiary/aromatic N) is 1. The van der Waals surface area contributed by atoms with Crippen molar-refractivity contribution in [3.05, 3.63) is 55.6 Å². The van der Waals surface area contributed by atoms with Crippen LogP contribution in [-0.2, 0) is 11.2 Å². The molecule has 2 rings (SSSR count). The molecule has 2 N–H and O–H groups in total. The molecule has 7 heteroatoms. The standard InChI is InChI=1S/C16H14BrIN2O3/c1-23-14-7-11(6-13(18)16(14)22)9-19-20-15(21)8-10-2-4-12(17)5-3-10/h2-7,9,22H,8H2,1H3,(H,20,21)/b19-9-. The summed E-state index contributed by atoms with van der Waals surface area (Å²) >= 11 is 5.35. The van der Waals surface area contributed by atoms with Crippen molar-refractivity contribution in [1.82, 2.24) is 5.43 Å². The smallest absolute Gasteiger partial charge is 0.244 e. The molecule has 0 fully saturated rings. The molecule has 2 aromatic carbocycles. The van der Waals surface area contributed by atoms with Crippen LogP contribution in [0.1, 0.15) is 11.1 Å². The van der Waals surface area contributed by atoms with Crippen molar-refractivity contribution < 1.29 is 14.6 Å². The molecule has 0 aliphatic heterocycles. The number of carbonyl (C=O) groups excluding carboxylic acids is 1. The van der Waals surface area contributed by atoms with Crippen molar-refractivity contribution in [3.63, 3.8) is 0 Å². The van der Waals surface area contributed by atoms with Crippen molar-refractivity contribution in [2.45, 2.75) is 6.42 Å². The van der Waals surface area contributed by atoms with Crippen LogP contribution in [-0.4, -0.2) is 24.3 Å². The Morgan fingerprint density at radius 2 is 2.09 bits per heavy atom. The largest absolute Gasteiger partial charge is 0.504 e. The molecule has 0 aliphatic carbocycles. The molecule has 0 saturated carbocycles. The summed E-state index contributed by atoms with van der Waals surface area (Å²) in [7, 11) is 1.48. The number of rotatable bonds is 5. The zero-order valence-corrected chi connectivity index (χ0v) is 16.0. The number of phenolic OH excluding ortho intramolecular Hbond substituents is 1. The molecule has 0 heterocycles. The minimum absolute atomic E-state index is 0.0875. The summed E-state index contributed by atoms with van der Waals surface area (Å²) in [4.78, 5) is 11.8. The SMILES string of the molecule is COc1cc(/C=N\NC(=O)Cc2ccc(Br)cc2)cc(I)c1O. The summed E-state index contributed by atoms with van der Waals surface area (Å²) in [6.45, 7) is 0. The van der Waals surface area contributed by atoms with Crippen molar-refractivity contribution in [2.24, 2.45) is 5.10 Å². The lowest BCUT2D eigenvalue weighted by atomic mass is 10.1. The van der Waals surface area contributed by atoms with Gasteiger partial charge >= 0.3 is 0 Å². The fraction of sp³-hybridized carbons (Fsp3) is 0.125. The summed E-state index contributed by atoms with van der Waals surface area (Å²) in [5, 5.41) is 13.7. The molecule has 0 saturated heterocycles. The van der Waals surface area contributed by atoms with E-state index in [-0.39, 0.29) is 18.1 Å². The predicted octanol–water partition coefficient (Wildman–Crippen LogP) is 3.46. The maximum Gasteiger partial charge on any atom is 0.244 e. The van der Waals surface area contributed by atoms with E-state index in [0.29, 0.717) is 14.9 Å². The first-order valence-electron chi connectivity index (χ1n) is 6.62. The van der Waals surface area contributed by atoms with Gasteiger partial charge in [-0.3, -0.25) is 4.79 Å². The molecular formula is C16H14BrIN2O3. The Hall–Kier alpha value is -1.61. The maximum atomic E-state index is 11.8. The van der Waals surface area contributed by atoms with E-state index in [2.05, 4.69) is 26.5 Å². The number of phenols is 1. The fourth-order valence-corrected chi connectivity index (χ4v) is 2.72. The molecule has 0 atom stereocenters. The van der Waals surface area contributed by atoms with E-state index < -0.39 is 0 Å². The number of hydrogen-bond donors (Lipinski definition) is 2. The first kappa shape index (κ1) is 17.7. The number of halogens is 2. The topological polar surface area (TPSA) is 70.9 Å². The van der Waals surface area contributed by atoms with Crippen LogP contribution in [0, 0.1) is 3.57 Å². The highest BCUT2D eigenvalue weighted by molar-refractivity contribution is 14.1. The van der Waals surface area contributed by atoms with Crippen LogP contribution in [0.25, 0.3) is 0 Å². The Morgan fingerprint density at radius 3 is 2.74 bits per heavy atom. The molecular weight excluding hydrogens is 475 g/mol. The van der Waals surface area contributed by atoms with Crippen molar-refractivity contribution in [2.75, 3.05) is 7.11 Å². The Labute approximate surface area is 156 Å². The first-order valence-corrected chi connectivity index (χ1v) is 8.49. The van der Waals surface area contributed by atoms with Crippen molar-refractivity contribution in [1.29, 1.82) is 0 Å². The number of benzene rings is 2. The molecule has 0 spiro atoms. The lowest BCUT2D eigenvalue weighted by Gasteiger charge is -2.06. The summed E-state index contributed by atoms with van der Waals surface area (Å²) in [6.07, 6.45) is 1.75. The number of amides is 1. The van der Waals surface area contributed by atoms with Crippen LogP contribution in [0.4, 0.5) is 0 Å². The quantitative estimate of drug-likeness (QED) is 0.384. The molecule has 5 nitrogen and oxygen atoms in total. The monoisotopic (exact) mass is 488 g/mol. The third kappa shape index (κ3) is 5.21. The Bertz CT molecular complexity index is 733. The number of methoxy groups -OCH3 is 1. The highest BCUT2D eigenvalue weighted by atomic mass is 127. The number of aromatic hydroxyl groups is 1. The van der Waals surface area contributed by atoms with E-state index in [1.807, 2.05) is 46.9 Å². The van der Waals surface area contributed by atoms with Gasteiger partial charge in [-0.1, -0.05) is 28.1 Å². The maximum absolute atomic E-state index is 11.8. The second kappa shape index (κ2) is 8.30. The molecule has 0 aromatic heterocycles. The number of hydrogen-bond acceptors (Lipinski definition) is 4. The van der Waals surface area contributed by atoms with Gasteiger partial charge in [0.25, 0.3) is 0 Å². The zero-order chi connectivity index (χ0) is 16.8. The Kier molecular flexibility index (Phi) is 6.40. The van der Waals surface area contributed by atoms with Crippen LogP contribution in [0.2, 0.25) is 0 Å². The molecule has 120 valence electrons. The molecule has 2 aromatic rings. The summed E-state index contributed by atoms with van der Waals surface area (Å²) in [6, 6.07) is 10.9. The second-order valence-electron chi connectivity index (χ2n) is 4.65. The number of ether oxygens (including phenoxy) is 1. The molecule has 23 heavy (non-hydrogen) atoms. The highest BCUT2D eigenvalue weighted by Gasteiger charge is 2.07. The third-order valence-corrected chi connectivity index (χ3v) is 4.30. The average Bonchev–Trinajstić information content (AvgIpc) is 2.53. The normalized spacial score (nSPS) is 10.7. The van der Waals surface area contributed by atoms with E-state index in [4.69, 9.17) is 4.74 Å². The zero-order valence-electron chi connectivity index (χ0n) is 12.2. The van der Waals surface area contributed by atoms with Gasteiger partial charge in [0.15, 0.2) is 11.5 Å². The summed E-state index contributed by atoms with van der Waals surface area (Å²) in [5.41, 5.74) is 4.10. The van der Waals surface area contributed by atoms with Gasteiger partial charge < -0.3 is 9.84 Å². The van der Waals surface area contributed by atoms with Crippen LogP contribution in [0.15, 0.2) is 46.0 Å². The fourth-order valence-electron chi connectivity index (χ4n) is 1.83. The van der Waals surface area contributed by atoms with Gasteiger partial charge in [-0.25, -0.2) is 5.43 Å². The lowest BCUT2D eigenvalue weighted by Crippen LogP contribution is -2.19. The Balaban J connectivity index is 1.97. The molecule has 0 aliphatic rings. The lowest BCUT2D eigenvalue weighted by molar-refractivity contribution is -0.120. The molecule has 0 bridgehead atoms. The number of hydrazone groups is 1. The van der Waals surface area contributed by atoms with Gasteiger partial charge in [0, 0.05) is 4.47 Å². The van der Waals surface area contributed by atoms with Crippen LogP contribution < -0.4 is 10.2 Å². The van der Waals surface area contributed by atoms with Gasteiger partial charge in [0.1, 0.15) is 0 Å². The summed E-state index contributed by atoms with van der Waals surface area (Å²) in [5.74, 6) is 0.244. The predicted molar refractivity (Wildman–Crippen MR) is 101 cm³/mol. The minimum Gasteiger partial charge on any atom is -0.504 e. The van der Waals surface area contributed by atoms with E-state index in [9.17, 15) is 9.90 Å². The van der Waals surface area contributed by atoms with Crippen LogP contribution in [0.3, 0.4) is 0 Å². The van der Waals surface area contributed by atoms with E-state index in [0.717, 1.165) is 10.0 Å². The first-order chi connectivity index (χ1) is 11.0. The van der Waals surface area contributed by atoms with Gasteiger partial charge in [-0.05, 0) is 58.0 Å². The van der Waals surface area contributed by atoms with Crippen LogP contribution >= 0.6 is 38.5 Å². The van der Waals surface area contributed by atoms with Crippen molar-refractivity contribution >= 4 is 50.6 Å². The van der Waals surface area contributed by atoms with Crippen molar-refractivity contribution in [3.8, 4) is 11.5 Å². The number of nitrogens with one attached hydrogen (secondary N) is 1. The average molecular weight is 489 g/mol. The van der Waals surface area contributed by atoms with E-state index in [1.165, 1.54) is 13.3 Å². The minimum atomic E-state index is -0.205. The van der Waals surface area contributed by atoms with Gasteiger partial charge in [-0.2, -0.15) is 5.10 Å².